The molecule has 0 aliphatic heterocycles. The number of carbonyl (C=O) groups is 1. The van der Waals surface area contributed by atoms with Crippen LogP contribution >= 0.6 is 11.3 Å². The fourth-order valence-electron chi connectivity index (χ4n) is 2.86. The van der Waals surface area contributed by atoms with Gasteiger partial charge in [0.05, 0.1) is 11.2 Å². The third kappa shape index (κ3) is 5.07. The van der Waals surface area contributed by atoms with Crippen LogP contribution in [-0.4, -0.2) is 36.9 Å². The van der Waals surface area contributed by atoms with Crippen molar-refractivity contribution in [3.05, 3.63) is 21.9 Å². The molecule has 1 atom stereocenters. The van der Waals surface area contributed by atoms with E-state index in [9.17, 15) is 9.90 Å². The molecule has 1 aliphatic carbocycles. The van der Waals surface area contributed by atoms with Crippen LogP contribution in [0.1, 0.15) is 66.6 Å². The molecule has 2 rings (SSSR count). The van der Waals surface area contributed by atoms with Gasteiger partial charge >= 0.3 is 0 Å². The van der Waals surface area contributed by atoms with E-state index in [-0.39, 0.29) is 12.5 Å². The van der Waals surface area contributed by atoms with E-state index < -0.39 is 5.60 Å². The van der Waals surface area contributed by atoms with Gasteiger partial charge in [-0.3, -0.25) is 4.79 Å². The summed E-state index contributed by atoms with van der Waals surface area (Å²) >= 11 is 1.69. The molecule has 0 bridgehead atoms. The van der Waals surface area contributed by atoms with E-state index in [1.165, 1.54) is 37.0 Å². The summed E-state index contributed by atoms with van der Waals surface area (Å²) in [6.45, 7) is 2.43. The van der Waals surface area contributed by atoms with Crippen molar-refractivity contribution in [1.82, 2.24) is 5.32 Å². The molecule has 5 heteroatoms. The number of aliphatic hydroxyl groups is 1. The summed E-state index contributed by atoms with van der Waals surface area (Å²) in [6.07, 6.45) is 6.92. The summed E-state index contributed by atoms with van der Waals surface area (Å²) in [5.74, 6) is 0.529. The van der Waals surface area contributed by atoms with Crippen LogP contribution in [0.4, 0.5) is 0 Å². The third-order valence-electron chi connectivity index (χ3n) is 4.36. The smallest absolute Gasteiger partial charge is 0.252 e. The standard InChI is InChI=1S/C17H27NO3S/c1-17(20,8-9-21-2)12-18-16(19)14-10-15(22-11-14)13-6-4-3-5-7-13/h10-11,13,20H,3-9,12H2,1-2H3,(H,18,19)/t17-/m0/s1. The maximum Gasteiger partial charge on any atom is 0.252 e. The minimum Gasteiger partial charge on any atom is -0.388 e. The van der Waals surface area contributed by atoms with Gasteiger partial charge in [-0.25, -0.2) is 0 Å². The molecule has 1 aliphatic rings. The molecule has 0 radical (unpaired) electrons. The van der Waals surface area contributed by atoms with Gasteiger partial charge < -0.3 is 15.2 Å². The zero-order valence-corrected chi connectivity index (χ0v) is 14.4. The summed E-state index contributed by atoms with van der Waals surface area (Å²) in [7, 11) is 1.60. The molecule has 1 amide bonds. The third-order valence-corrected chi connectivity index (χ3v) is 5.46. The molecule has 1 heterocycles. The summed E-state index contributed by atoms with van der Waals surface area (Å²) in [6, 6.07) is 2.03. The highest BCUT2D eigenvalue weighted by Crippen LogP contribution is 2.35. The van der Waals surface area contributed by atoms with Gasteiger partial charge in [0.25, 0.3) is 5.91 Å². The summed E-state index contributed by atoms with van der Waals surface area (Å²) in [5.41, 5.74) is -0.221. The van der Waals surface area contributed by atoms with Crippen LogP contribution < -0.4 is 5.32 Å². The Labute approximate surface area is 136 Å². The van der Waals surface area contributed by atoms with Crippen molar-refractivity contribution in [2.24, 2.45) is 0 Å². The highest BCUT2D eigenvalue weighted by molar-refractivity contribution is 7.10. The molecule has 1 aromatic heterocycles. The van der Waals surface area contributed by atoms with Crippen LogP contribution in [0, 0.1) is 0 Å². The van der Waals surface area contributed by atoms with Crippen molar-refractivity contribution in [3.8, 4) is 0 Å². The van der Waals surface area contributed by atoms with Crippen molar-refractivity contribution in [3.63, 3.8) is 0 Å². The largest absolute Gasteiger partial charge is 0.388 e. The highest BCUT2D eigenvalue weighted by atomic mass is 32.1. The SMILES string of the molecule is COCC[C@](C)(O)CNC(=O)c1csc(C2CCCCC2)c1. The predicted molar refractivity (Wildman–Crippen MR) is 89.6 cm³/mol. The van der Waals surface area contributed by atoms with Crippen LogP contribution in [-0.2, 0) is 4.74 Å². The zero-order chi connectivity index (χ0) is 16.0. The monoisotopic (exact) mass is 325 g/mol. The number of methoxy groups -OCH3 is 1. The van der Waals surface area contributed by atoms with Gasteiger partial charge in [-0.05, 0) is 31.7 Å². The number of carbonyl (C=O) groups excluding carboxylic acids is 1. The minimum absolute atomic E-state index is 0.101. The van der Waals surface area contributed by atoms with Crippen molar-refractivity contribution < 1.29 is 14.6 Å². The first-order valence-electron chi connectivity index (χ1n) is 8.10. The lowest BCUT2D eigenvalue weighted by atomic mass is 9.88. The van der Waals surface area contributed by atoms with Gasteiger partial charge in [-0.15, -0.1) is 11.3 Å². The lowest BCUT2D eigenvalue weighted by molar-refractivity contribution is 0.0243. The fourth-order valence-corrected chi connectivity index (χ4v) is 3.92. The van der Waals surface area contributed by atoms with Crippen molar-refractivity contribution in [2.45, 2.75) is 57.0 Å². The first-order chi connectivity index (χ1) is 10.5. The summed E-state index contributed by atoms with van der Waals surface area (Å²) in [5, 5.41) is 14.9. The lowest BCUT2D eigenvalue weighted by Gasteiger charge is -2.23. The maximum atomic E-state index is 12.2. The Bertz CT molecular complexity index is 478. The average molecular weight is 325 g/mol. The molecule has 1 fully saturated rings. The Morgan fingerprint density at radius 2 is 2.18 bits per heavy atom. The Hall–Kier alpha value is -0.910. The molecular formula is C17H27NO3S. The fraction of sp³-hybridized carbons (Fsp3) is 0.706. The molecule has 0 saturated heterocycles. The number of thiophene rings is 1. The van der Waals surface area contributed by atoms with Crippen LogP contribution in [0.15, 0.2) is 11.4 Å². The van der Waals surface area contributed by atoms with Crippen LogP contribution in [0.5, 0.6) is 0 Å². The van der Waals surface area contributed by atoms with Gasteiger partial charge in [0.1, 0.15) is 0 Å². The van der Waals surface area contributed by atoms with Crippen LogP contribution in [0.3, 0.4) is 0 Å². The van der Waals surface area contributed by atoms with Crippen molar-refractivity contribution in [2.75, 3.05) is 20.3 Å². The predicted octanol–water partition coefficient (Wildman–Crippen LogP) is 3.31. The number of nitrogens with one attached hydrogen (secondary N) is 1. The van der Waals surface area contributed by atoms with E-state index >= 15 is 0 Å². The molecule has 0 spiro atoms. The Morgan fingerprint density at radius 3 is 2.86 bits per heavy atom. The van der Waals surface area contributed by atoms with Gasteiger partial charge in [0.2, 0.25) is 0 Å². The number of rotatable bonds is 7. The highest BCUT2D eigenvalue weighted by Gasteiger charge is 2.22. The number of ether oxygens (including phenoxy) is 1. The van der Waals surface area contributed by atoms with Crippen molar-refractivity contribution in [1.29, 1.82) is 0 Å². The van der Waals surface area contributed by atoms with E-state index in [1.807, 2.05) is 11.4 Å². The van der Waals surface area contributed by atoms with Gasteiger partial charge in [-0.2, -0.15) is 0 Å². The van der Waals surface area contributed by atoms with Gasteiger partial charge in [0, 0.05) is 36.9 Å². The van der Waals surface area contributed by atoms with Crippen molar-refractivity contribution >= 4 is 17.2 Å². The maximum absolute atomic E-state index is 12.2. The number of amides is 1. The summed E-state index contributed by atoms with van der Waals surface area (Å²) in [4.78, 5) is 13.5. The van der Waals surface area contributed by atoms with Crippen LogP contribution in [0.25, 0.3) is 0 Å². The van der Waals surface area contributed by atoms with E-state index in [0.29, 0.717) is 24.5 Å². The van der Waals surface area contributed by atoms with Gasteiger partial charge in [-0.1, -0.05) is 19.3 Å². The molecule has 22 heavy (non-hydrogen) atoms. The molecule has 1 saturated carbocycles. The van der Waals surface area contributed by atoms with Crippen LogP contribution in [0.2, 0.25) is 0 Å². The Balaban J connectivity index is 1.86. The topological polar surface area (TPSA) is 58.6 Å². The summed E-state index contributed by atoms with van der Waals surface area (Å²) < 4.78 is 4.97. The molecular weight excluding hydrogens is 298 g/mol. The first-order valence-corrected chi connectivity index (χ1v) is 8.98. The van der Waals surface area contributed by atoms with E-state index in [4.69, 9.17) is 4.74 Å². The molecule has 124 valence electrons. The Kier molecular flexibility index (Phi) is 6.41. The molecule has 2 N–H and O–H groups in total. The number of hydrogen-bond donors (Lipinski definition) is 2. The second-order valence-corrected chi connectivity index (χ2v) is 7.44. The minimum atomic E-state index is -0.937. The molecule has 4 nitrogen and oxygen atoms in total. The lowest BCUT2D eigenvalue weighted by Crippen LogP contribution is -2.41. The quantitative estimate of drug-likeness (QED) is 0.808. The normalized spacial score (nSPS) is 18.9. The first kappa shape index (κ1) is 17.4. The second kappa shape index (κ2) is 8.09. The number of hydrogen-bond acceptors (Lipinski definition) is 4. The molecule has 0 aromatic carbocycles. The van der Waals surface area contributed by atoms with E-state index in [1.54, 1.807) is 25.4 Å². The van der Waals surface area contributed by atoms with E-state index in [2.05, 4.69) is 5.32 Å². The zero-order valence-electron chi connectivity index (χ0n) is 13.6. The second-order valence-electron chi connectivity index (χ2n) is 6.50. The molecule has 1 aromatic rings. The van der Waals surface area contributed by atoms with Gasteiger partial charge in [0.15, 0.2) is 0 Å². The molecule has 0 unspecified atom stereocenters. The van der Waals surface area contributed by atoms with E-state index in [0.717, 1.165) is 0 Å². The average Bonchev–Trinajstić information content (AvgIpc) is 3.02. The Morgan fingerprint density at radius 1 is 1.45 bits per heavy atom.